The molecule has 174 valence electrons. The lowest BCUT2D eigenvalue weighted by Crippen LogP contribution is -2.44. The predicted octanol–water partition coefficient (Wildman–Crippen LogP) is 3.89. The van der Waals surface area contributed by atoms with E-state index in [9.17, 15) is 19.5 Å². The third-order valence-corrected chi connectivity index (χ3v) is 5.36. The smallest absolute Gasteiger partial charge is 0.326 e. The number of rotatable bonds is 8. The van der Waals surface area contributed by atoms with Crippen molar-refractivity contribution in [1.29, 1.82) is 0 Å². The number of aliphatic carboxylic acids is 1. The van der Waals surface area contributed by atoms with Gasteiger partial charge in [-0.15, -0.1) is 0 Å². The number of carboxylic acid groups (broad SMARTS) is 1. The van der Waals surface area contributed by atoms with Crippen molar-refractivity contribution in [2.75, 3.05) is 16.0 Å². The second-order valence-electron chi connectivity index (χ2n) is 9.23. The first-order valence-corrected chi connectivity index (χ1v) is 10.9. The molecule has 1 heterocycles. The van der Waals surface area contributed by atoms with Gasteiger partial charge in [0.05, 0.1) is 0 Å². The Labute approximate surface area is 196 Å². The molecule has 34 heavy (non-hydrogen) atoms. The Morgan fingerprint density at radius 3 is 2.32 bits per heavy atom. The van der Waals surface area contributed by atoms with Gasteiger partial charge in [0.25, 0.3) is 10.9 Å². The lowest BCUT2D eigenvalue weighted by Gasteiger charge is -2.26. The molecule has 1 aromatic heterocycles. The van der Waals surface area contributed by atoms with Crippen molar-refractivity contribution >= 4 is 39.6 Å². The van der Waals surface area contributed by atoms with Crippen molar-refractivity contribution in [3.63, 3.8) is 0 Å². The minimum atomic E-state index is -1.11. The molecular formula is C26H26N4O4. The van der Waals surface area contributed by atoms with Crippen LogP contribution in [0, 0.1) is 0 Å². The first-order valence-electron chi connectivity index (χ1n) is 10.9. The van der Waals surface area contributed by atoms with Crippen LogP contribution in [-0.2, 0) is 11.2 Å². The van der Waals surface area contributed by atoms with Crippen LogP contribution in [-0.4, -0.2) is 27.6 Å². The van der Waals surface area contributed by atoms with Gasteiger partial charge in [0.1, 0.15) is 23.2 Å². The van der Waals surface area contributed by atoms with E-state index in [4.69, 9.17) is 0 Å². The van der Waals surface area contributed by atoms with E-state index in [0.29, 0.717) is 0 Å². The zero-order valence-corrected chi connectivity index (χ0v) is 19.2. The third-order valence-electron chi connectivity index (χ3n) is 5.36. The summed E-state index contributed by atoms with van der Waals surface area (Å²) >= 11 is 0. The summed E-state index contributed by atoms with van der Waals surface area (Å²) in [5.41, 5.74) is -0.0660. The molecule has 0 aliphatic carbocycles. The van der Waals surface area contributed by atoms with Gasteiger partial charge in [0.15, 0.2) is 0 Å². The predicted molar refractivity (Wildman–Crippen MR) is 135 cm³/mol. The Balaban J connectivity index is 1.48. The van der Waals surface area contributed by atoms with Crippen molar-refractivity contribution < 1.29 is 9.90 Å². The van der Waals surface area contributed by atoms with Crippen LogP contribution in [0.1, 0.15) is 26.3 Å². The Morgan fingerprint density at radius 2 is 1.65 bits per heavy atom. The summed E-state index contributed by atoms with van der Waals surface area (Å²) in [6.45, 7) is 5.56. The lowest BCUT2D eigenvalue weighted by atomic mass is 10.0. The number of nitrogens with zero attached hydrogens (tertiary/aromatic N) is 1. The summed E-state index contributed by atoms with van der Waals surface area (Å²) in [5.74, 6) is -0.383. The Kier molecular flexibility index (Phi) is 6.06. The highest BCUT2D eigenvalue weighted by molar-refractivity contribution is 5.93. The lowest BCUT2D eigenvalue weighted by molar-refractivity contribution is -0.137. The Morgan fingerprint density at radius 1 is 0.971 bits per heavy atom. The number of carboxylic acids is 1. The zero-order valence-electron chi connectivity index (χ0n) is 19.2. The number of pyridine rings is 1. The van der Waals surface area contributed by atoms with E-state index in [-0.39, 0.29) is 17.8 Å². The molecule has 0 spiro atoms. The first kappa shape index (κ1) is 23.0. The van der Waals surface area contributed by atoms with Gasteiger partial charge in [-0.2, -0.15) is 0 Å². The summed E-state index contributed by atoms with van der Waals surface area (Å²) in [6, 6.07) is 16.2. The molecule has 0 aliphatic rings. The second-order valence-corrected chi connectivity index (χ2v) is 9.23. The average Bonchev–Trinajstić information content (AvgIpc) is 2.80. The topological polar surface area (TPSA) is 120 Å². The molecule has 0 bridgehead atoms. The highest BCUT2D eigenvalue weighted by Crippen LogP contribution is 2.25. The van der Waals surface area contributed by atoms with E-state index >= 15 is 0 Å². The molecule has 8 nitrogen and oxygen atoms in total. The van der Waals surface area contributed by atoms with Crippen LogP contribution in [0.3, 0.4) is 0 Å². The molecule has 0 fully saturated rings. The monoisotopic (exact) mass is 458 g/mol. The van der Waals surface area contributed by atoms with Crippen LogP contribution in [0.4, 0.5) is 22.9 Å². The fourth-order valence-electron chi connectivity index (χ4n) is 3.71. The molecule has 1 atom stereocenters. The van der Waals surface area contributed by atoms with E-state index in [1.807, 2.05) is 75.4 Å². The van der Waals surface area contributed by atoms with Crippen LogP contribution >= 0.6 is 0 Å². The third kappa shape index (κ3) is 4.91. The molecule has 4 aromatic rings. The normalized spacial score (nSPS) is 12.4. The maximum absolute atomic E-state index is 12.1. The molecular weight excluding hydrogens is 432 g/mol. The van der Waals surface area contributed by atoms with Gasteiger partial charge < -0.3 is 21.1 Å². The maximum Gasteiger partial charge on any atom is 0.326 e. The summed E-state index contributed by atoms with van der Waals surface area (Å²) in [4.78, 5) is 40.3. The largest absolute Gasteiger partial charge is 0.480 e. The van der Waals surface area contributed by atoms with Gasteiger partial charge in [0, 0.05) is 29.2 Å². The maximum atomic E-state index is 12.1. The number of aromatic nitrogens is 1. The minimum Gasteiger partial charge on any atom is -0.480 e. The number of nitrogens with one attached hydrogen (secondary N) is 3. The number of carbonyl (C=O) groups is 1. The standard InChI is InChI=1S/C26H26N4O4/c1-26(2,3)30-21-20(22(31)23(21)32)29-19(25(33)34)14-15-8-10-17(11-9-15)28-24-18-7-5-4-6-16(18)12-13-27-24/h4-13,19,29-30H,14H2,1-3H3,(H,27,28)(H,33,34). The quantitative estimate of drug-likeness (QED) is 0.294. The van der Waals surface area contributed by atoms with Gasteiger partial charge in [-0.25, -0.2) is 9.78 Å². The Bertz CT molecular complexity index is 1410. The van der Waals surface area contributed by atoms with Crippen molar-refractivity contribution in [2.45, 2.75) is 38.8 Å². The SMILES string of the molecule is CC(C)(C)Nc1c(NC(Cc2ccc(Nc3nccc4ccccc34)cc2)C(=O)O)c(=O)c1=O. The summed E-state index contributed by atoms with van der Waals surface area (Å²) in [7, 11) is 0. The van der Waals surface area contributed by atoms with E-state index in [2.05, 4.69) is 20.9 Å². The fourth-order valence-corrected chi connectivity index (χ4v) is 3.71. The van der Waals surface area contributed by atoms with Crippen LogP contribution in [0.15, 0.2) is 70.4 Å². The zero-order chi connectivity index (χ0) is 24.5. The van der Waals surface area contributed by atoms with Crippen molar-refractivity contribution in [1.82, 2.24) is 4.98 Å². The van der Waals surface area contributed by atoms with Crippen molar-refractivity contribution in [2.24, 2.45) is 0 Å². The molecule has 0 aliphatic heterocycles. The number of anilines is 4. The highest BCUT2D eigenvalue weighted by atomic mass is 16.4. The van der Waals surface area contributed by atoms with Crippen molar-refractivity contribution in [3.8, 4) is 0 Å². The van der Waals surface area contributed by atoms with E-state index in [1.54, 1.807) is 6.20 Å². The molecule has 1 unspecified atom stereocenters. The molecule has 0 saturated heterocycles. The van der Waals surface area contributed by atoms with E-state index in [0.717, 1.165) is 27.8 Å². The molecule has 4 N–H and O–H groups in total. The molecule has 0 saturated carbocycles. The first-order chi connectivity index (χ1) is 16.1. The average molecular weight is 459 g/mol. The fraction of sp³-hybridized carbons (Fsp3) is 0.231. The number of hydrogen-bond acceptors (Lipinski definition) is 7. The Hall–Kier alpha value is -4.20. The molecule has 8 heteroatoms. The molecule has 0 radical (unpaired) electrons. The van der Waals surface area contributed by atoms with Gasteiger partial charge in [-0.1, -0.05) is 36.4 Å². The summed E-state index contributed by atoms with van der Waals surface area (Å²) in [6.07, 6.45) is 1.88. The number of fused-ring (bicyclic) bond motifs is 1. The second kappa shape index (κ2) is 8.97. The van der Waals surface area contributed by atoms with Crippen LogP contribution in [0.2, 0.25) is 0 Å². The minimum absolute atomic E-state index is 0.0210. The summed E-state index contributed by atoms with van der Waals surface area (Å²) in [5, 5.41) is 20.8. The van der Waals surface area contributed by atoms with Crippen LogP contribution in [0.5, 0.6) is 0 Å². The van der Waals surface area contributed by atoms with E-state index < -0.39 is 28.4 Å². The number of hydrogen-bond donors (Lipinski definition) is 4. The van der Waals surface area contributed by atoms with Gasteiger partial charge in [0.2, 0.25) is 0 Å². The van der Waals surface area contributed by atoms with Crippen molar-refractivity contribution in [3.05, 3.63) is 86.8 Å². The number of benzene rings is 2. The highest BCUT2D eigenvalue weighted by Gasteiger charge is 2.28. The van der Waals surface area contributed by atoms with Gasteiger partial charge in [-0.05, 0) is 49.9 Å². The molecule has 4 rings (SSSR count). The van der Waals surface area contributed by atoms with E-state index in [1.165, 1.54) is 0 Å². The molecule has 0 amide bonds. The van der Waals surface area contributed by atoms with Gasteiger partial charge in [-0.3, -0.25) is 9.59 Å². The molecule has 3 aromatic carbocycles. The van der Waals surface area contributed by atoms with Gasteiger partial charge >= 0.3 is 5.97 Å². The van der Waals surface area contributed by atoms with Crippen LogP contribution in [0.25, 0.3) is 10.8 Å². The summed E-state index contributed by atoms with van der Waals surface area (Å²) < 4.78 is 0. The van der Waals surface area contributed by atoms with Crippen LogP contribution < -0.4 is 26.8 Å².